The van der Waals surface area contributed by atoms with Crippen molar-refractivity contribution in [2.75, 3.05) is 6.61 Å². The Morgan fingerprint density at radius 3 is 2.79 bits per heavy atom. The molecule has 1 aromatic heterocycles. The summed E-state index contributed by atoms with van der Waals surface area (Å²) in [6.07, 6.45) is 5.36. The van der Waals surface area contributed by atoms with E-state index in [2.05, 4.69) is 10.9 Å². The molecule has 0 aliphatic rings. The average Bonchev–Trinajstić information content (AvgIpc) is 2.93. The fourth-order valence-corrected chi connectivity index (χ4v) is 3.27. The number of nitrogens with zero attached hydrogens (tertiary/aromatic N) is 2. The van der Waals surface area contributed by atoms with Crippen LogP contribution in [0.1, 0.15) is 0 Å². The first-order valence-electron chi connectivity index (χ1n) is 7.16. The van der Waals surface area contributed by atoms with Crippen LogP contribution in [0.25, 0.3) is 10.2 Å². The Kier molecular flexibility index (Phi) is 4.73. The van der Waals surface area contributed by atoms with Gasteiger partial charge in [0.25, 0.3) is 5.91 Å². The van der Waals surface area contributed by atoms with Crippen LogP contribution in [0.2, 0.25) is 0 Å². The van der Waals surface area contributed by atoms with Crippen LogP contribution in [0.15, 0.2) is 53.5 Å². The third-order valence-electron chi connectivity index (χ3n) is 3.23. The zero-order valence-corrected chi connectivity index (χ0v) is 13.4. The minimum absolute atomic E-state index is 0.132. The SMILES string of the molecule is C#CCn1c(=NC(=O)COc2ccccc2)sc2cccc(F)c21. The summed E-state index contributed by atoms with van der Waals surface area (Å²) >= 11 is 1.21. The highest BCUT2D eigenvalue weighted by molar-refractivity contribution is 7.16. The first kappa shape index (κ1) is 16.0. The van der Waals surface area contributed by atoms with Crippen LogP contribution >= 0.6 is 11.3 Å². The number of hydrogen-bond donors (Lipinski definition) is 0. The molecule has 4 nitrogen and oxygen atoms in total. The maximum atomic E-state index is 14.1. The van der Waals surface area contributed by atoms with Gasteiger partial charge in [-0.2, -0.15) is 4.99 Å². The molecule has 0 spiro atoms. The van der Waals surface area contributed by atoms with E-state index in [9.17, 15) is 9.18 Å². The molecule has 1 amide bonds. The summed E-state index contributed by atoms with van der Waals surface area (Å²) in [5.41, 5.74) is 0.357. The lowest BCUT2D eigenvalue weighted by atomic mass is 10.3. The van der Waals surface area contributed by atoms with Crippen LogP contribution in [-0.2, 0) is 11.3 Å². The van der Waals surface area contributed by atoms with Crippen molar-refractivity contribution < 1.29 is 13.9 Å². The predicted molar refractivity (Wildman–Crippen MR) is 91.1 cm³/mol. The molecule has 0 radical (unpaired) electrons. The molecule has 6 heteroatoms. The van der Waals surface area contributed by atoms with Gasteiger partial charge in [0.05, 0.1) is 16.8 Å². The van der Waals surface area contributed by atoms with Crippen molar-refractivity contribution in [3.05, 3.63) is 59.1 Å². The second kappa shape index (κ2) is 7.11. The zero-order valence-electron chi connectivity index (χ0n) is 12.6. The Hall–Kier alpha value is -2.91. The van der Waals surface area contributed by atoms with E-state index >= 15 is 0 Å². The standard InChI is InChI=1S/C18H13FN2O2S/c1-2-11-21-17-14(19)9-6-10-15(17)24-18(21)20-16(22)12-23-13-7-4-3-5-8-13/h1,3-10H,11-12H2. The van der Waals surface area contributed by atoms with Gasteiger partial charge in [-0.3, -0.25) is 4.79 Å². The smallest absolute Gasteiger partial charge is 0.286 e. The predicted octanol–water partition coefficient (Wildman–Crippen LogP) is 2.98. The summed E-state index contributed by atoms with van der Waals surface area (Å²) < 4.78 is 21.6. The molecular weight excluding hydrogens is 327 g/mol. The second-order valence-corrected chi connectivity index (χ2v) is 5.88. The fourth-order valence-electron chi connectivity index (χ4n) is 2.21. The van der Waals surface area contributed by atoms with Gasteiger partial charge in [-0.25, -0.2) is 4.39 Å². The van der Waals surface area contributed by atoms with E-state index in [0.717, 1.165) is 0 Å². The highest BCUT2D eigenvalue weighted by Crippen LogP contribution is 2.20. The Bertz CT molecular complexity index is 984. The molecule has 0 unspecified atom stereocenters. The monoisotopic (exact) mass is 340 g/mol. The summed E-state index contributed by atoms with van der Waals surface area (Å²) in [6.45, 7) is -0.0661. The number of amides is 1. The zero-order chi connectivity index (χ0) is 16.9. The molecule has 0 bridgehead atoms. The van der Waals surface area contributed by atoms with Crippen LogP contribution in [0.3, 0.4) is 0 Å². The van der Waals surface area contributed by atoms with Crippen molar-refractivity contribution in [2.24, 2.45) is 4.99 Å². The number of carbonyl (C=O) groups excluding carboxylic acids is 1. The molecule has 0 saturated carbocycles. The van der Waals surface area contributed by atoms with Crippen molar-refractivity contribution >= 4 is 27.5 Å². The van der Waals surface area contributed by atoms with E-state index in [1.54, 1.807) is 24.3 Å². The van der Waals surface area contributed by atoms with E-state index in [1.807, 2.05) is 18.2 Å². The molecule has 0 atom stereocenters. The highest BCUT2D eigenvalue weighted by Gasteiger charge is 2.11. The second-order valence-electron chi connectivity index (χ2n) is 4.87. The van der Waals surface area contributed by atoms with Crippen LogP contribution < -0.4 is 9.54 Å². The van der Waals surface area contributed by atoms with Gasteiger partial charge in [-0.05, 0) is 24.3 Å². The molecule has 120 valence electrons. The number of carbonyl (C=O) groups is 1. The van der Waals surface area contributed by atoms with Gasteiger partial charge in [-0.1, -0.05) is 41.5 Å². The Balaban J connectivity index is 1.91. The number of hydrogen-bond acceptors (Lipinski definition) is 3. The van der Waals surface area contributed by atoms with Gasteiger partial charge >= 0.3 is 0 Å². The number of thiazole rings is 1. The topological polar surface area (TPSA) is 43.6 Å². The molecule has 0 aliphatic carbocycles. The van der Waals surface area contributed by atoms with Gasteiger partial charge in [0.2, 0.25) is 0 Å². The number of para-hydroxylation sites is 2. The number of rotatable bonds is 4. The lowest BCUT2D eigenvalue weighted by Crippen LogP contribution is -2.19. The Morgan fingerprint density at radius 2 is 2.04 bits per heavy atom. The summed E-state index contributed by atoms with van der Waals surface area (Å²) in [7, 11) is 0. The molecular formula is C18H13FN2O2S. The molecule has 0 saturated heterocycles. The first-order chi connectivity index (χ1) is 11.7. The van der Waals surface area contributed by atoms with Crippen molar-refractivity contribution in [3.8, 4) is 18.1 Å². The number of ether oxygens (including phenoxy) is 1. The normalized spacial score (nSPS) is 11.4. The summed E-state index contributed by atoms with van der Waals surface area (Å²) in [6, 6.07) is 13.7. The van der Waals surface area contributed by atoms with Gasteiger partial charge in [0.15, 0.2) is 11.4 Å². The number of aromatic nitrogens is 1. The molecule has 0 N–H and O–H groups in total. The highest BCUT2D eigenvalue weighted by atomic mass is 32.1. The third-order valence-corrected chi connectivity index (χ3v) is 4.27. The van der Waals surface area contributed by atoms with E-state index in [-0.39, 0.29) is 13.2 Å². The maximum Gasteiger partial charge on any atom is 0.286 e. The minimum atomic E-state index is -0.461. The van der Waals surface area contributed by atoms with Crippen LogP contribution in [0, 0.1) is 18.2 Å². The van der Waals surface area contributed by atoms with Crippen LogP contribution in [0.4, 0.5) is 4.39 Å². The summed E-state index contributed by atoms with van der Waals surface area (Å²) in [5, 5.41) is 0. The van der Waals surface area contributed by atoms with Crippen molar-refractivity contribution in [2.45, 2.75) is 6.54 Å². The van der Waals surface area contributed by atoms with Crippen molar-refractivity contribution in [3.63, 3.8) is 0 Å². The van der Waals surface area contributed by atoms with Crippen LogP contribution in [0.5, 0.6) is 5.75 Å². The number of fused-ring (bicyclic) bond motifs is 1. The van der Waals surface area contributed by atoms with Gasteiger partial charge in [0.1, 0.15) is 11.6 Å². The lowest BCUT2D eigenvalue weighted by molar-refractivity contribution is -0.120. The maximum absolute atomic E-state index is 14.1. The van der Waals surface area contributed by atoms with Gasteiger partial charge < -0.3 is 9.30 Å². The van der Waals surface area contributed by atoms with E-state index in [0.29, 0.717) is 20.8 Å². The Labute approximate surface area is 141 Å². The largest absolute Gasteiger partial charge is 0.484 e. The average molecular weight is 340 g/mol. The van der Waals surface area contributed by atoms with E-state index in [4.69, 9.17) is 11.2 Å². The van der Waals surface area contributed by atoms with Gasteiger partial charge in [0, 0.05) is 0 Å². The Morgan fingerprint density at radius 1 is 1.25 bits per heavy atom. The molecule has 3 rings (SSSR count). The number of terminal acetylenes is 1. The first-order valence-corrected chi connectivity index (χ1v) is 7.97. The molecule has 24 heavy (non-hydrogen) atoms. The minimum Gasteiger partial charge on any atom is -0.484 e. The number of halogens is 1. The molecule has 2 aromatic carbocycles. The number of benzene rings is 2. The molecule has 1 heterocycles. The quantitative estimate of drug-likeness (QED) is 0.685. The van der Waals surface area contributed by atoms with Gasteiger partial charge in [-0.15, -0.1) is 6.42 Å². The van der Waals surface area contributed by atoms with Crippen LogP contribution in [-0.4, -0.2) is 17.1 Å². The van der Waals surface area contributed by atoms with E-state index < -0.39 is 11.7 Å². The van der Waals surface area contributed by atoms with Crippen molar-refractivity contribution in [1.82, 2.24) is 4.57 Å². The summed E-state index contributed by atoms with van der Waals surface area (Å²) in [5.74, 6) is 2.19. The summed E-state index contributed by atoms with van der Waals surface area (Å²) in [4.78, 5) is 16.4. The lowest BCUT2D eigenvalue weighted by Gasteiger charge is -2.02. The molecule has 0 fully saturated rings. The fraction of sp³-hybridized carbons (Fsp3) is 0.111. The van der Waals surface area contributed by atoms with Crippen molar-refractivity contribution in [1.29, 1.82) is 0 Å². The molecule has 3 aromatic rings. The third kappa shape index (κ3) is 3.36. The molecule has 0 aliphatic heterocycles. The van der Waals surface area contributed by atoms with E-state index in [1.165, 1.54) is 22.0 Å².